The molecule has 0 radical (unpaired) electrons. The molecule has 0 fully saturated rings. The minimum Gasteiger partial charge on any atom is -0.254 e. The highest BCUT2D eigenvalue weighted by Crippen LogP contribution is 2.27. The summed E-state index contributed by atoms with van der Waals surface area (Å²) in [7, 11) is 0. The van der Waals surface area contributed by atoms with Crippen LogP contribution in [0.15, 0.2) is 36.5 Å². The monoisotopic (exact) mass is 299 g/mol. The molecule has 4 heteroatoms. The maximum absolute atomic E-state index is 13.6. The number of benzene rings is 1. The molecule has 0 amide bonds. The maximum atomic E-state index is 13.6. The van der Waals surface area contributed by atoms with Gasteiger partial charge in [0.1, 0.15) is 5.82 Å². The van der Waals surface area contributed by atoms with Crippen molar-refractivity contribution in [3.05, 3.63) is 52.9 Å². The van der Waals surface area contributed by atoms with E-state index in [0.717, 1.165) is 5.56 Å². The molecule has 0 aliphatic rings. The van der Waals surface area contributed by atoms with Crippen molar-refractivity contribution in [3.8, 4) is 11.3 Å². The van der Waals surface area contributed by atoms with Crippen LogP contribution in [0, 0.1) is 5.82 Å². The van der Waals surface area contributed by atoms with Crippen LogP contribution in [0.4, 0.5) is 4.39 Å². The van der Waals surface area contributed by atoms with Crippen LogP contribution in [-0.4, -0.2) is 4.98 Å². The van der Waals surface area contributed by atoms with Crippen molar-refractivity contribution in [1.29, 1.82) is 0 Å². The molecule has 0 atom stereocenters. The van der Waals surface area contributed by atoms with Crippen molar-refractivity contribution in [1.82, 2.24) is 4.98 Å². The highest BCUT2D eigenvalue weighted by atomic mass is 79.9. The fourth-order valence-corrected chi connectivity index (χ4v) is 2.09. The second-order valence-corrected chi connectivity index (χ2v) is 4.27. The van der Waals surface area contributed by atoms with Gasteiger partial charge >= 0.3 is 0 Å². The van der Waals surface area contributed by atoms with Gasteiger partial charge in [-0.1, -0.05) is 39.7 Å². The molecule has 0 saturated carbocycles. The predicted octanol–water partition coefficient (Wildman–Crippen LogP) is 4.44. The van der Waals surface area contributed by atoms with Crippen LogP contribution in [0.3, 0.4) is 0 Å². The first-order valence-electron chi connectivity index (χ1n) is 4.67. The fraction of sp³-hybridized carbons (Fsp3) is 0.0833. The van der Waals surface area contributed by atoms with Crippen LogP contribution in [-0.2, 0) is 5.33 Å². The van der Waals surface area contributed by atoms with Crippen LogP contribution in [0.2, 0.25) is 5.02 Å². The molecule has 0 bridgehead atoms. The normalized spacial score (nSPS) is 10.4. The number of aromatic nitrogens is 1. The summed E-state index contributed by atoms with van der Waals surface area (Å²) in [6.45, 7) is 0. The van der Waals surface area contributed by atoms with Crippen molar-refractivity contribution in [2.24, 2.45) is 0 Å². The van der Waals surface area contributed by atoms with Gasteiger partial charge in [0.05, 0.1) is 10.7 Å². The van der Waals surface area contributed by atoms with Crippen LogP contribution in [0.5, 0.6) is 0 Å². The maximum Gasteiger partial charge on any atom is 0.132 e. The Morgan fingerprint density at radius 1 is 1.31 bits per heavy atom. The molecule has 0 aliphatic heterocycles. The number of nitrogens with zero attached hydrogens (tertiary/aromatic N) is 1. The van der Waals surface area contributed by atoms with Gasteiger partial charge in [-0.05, 0) is 23.8 Å². The van der Waals surface area contributed by atoms with E-state index in [1.54, 1.807) is 24.3 Å². The van der Waals surface area contributed by atoms with E-state index in [0.29, 0.717) is 21.6 Å². The summed E-state index contributed by atoms with van der Waals surface area (Å²) in [5.41, 5.74) is 1.99. The first-order valence-corrected chi connectivity index (χ1v) is 6.17. The zero-order valence-electron chi connectivity index (χ0n) is 8.25. The molecule has 82 valence electrons. The van der Waals surface area contributed by atoms with E-state index in [1.165, 1.54) is 12.3 Å². The van der Waals surface area contributed by atoms with Gasteiger partial charge in [0.25, 0.3) is 0 Å². The van der Waals surface area contributed by atoms with E-state index in [2.05, 4.69) is 20.9 Å². The number of hydrogen-bond acceptors (Lipinski definition) is 1. The molecule has 1 nitrogen and oxygen atoms in total. The molecule has 0 aliphatic carbocycles. The van der Waals surface area contributed by atoms with Gasteiger partial charge in [-0.2, -0.15) is 0 Å². The van der Waals surface area contributed by atoms with Gasteiger partial charge < -0.3 is 0 Å². The Bertz CT molecular complexity index is 516. The van der Waals surface area contributed by atoms with Gasteiger partial charge in [-0.25, -0.2) is 4.39 Å². The fourth-order valence-electron chi connectivity index (χ4n) is 1.48. The van der Waals surface area contributed by atoms with Gasteiger partial charge in [0.15, 0.2) is 0 Å². The van der Waals surface area contributed by atoms with E-state index < -0.39 is 0 Å². The quantitative estimate of drug-likeness (QED) is 0.747. The molecule has 0 saturated heterocycles. The minimum atomic E-state index is -0.278. The average Bonchev–Trinajstić information content (AvgIpc) is 2.30. The summed E-state index contributed by atoms with van der Waals surface area (Å²) < 4.78 is 13.6. The third kappa shape index (κ3) is 2.25. The van der Waals surface area contributed by atoms with E-state index >= 15 is 0 Å². The summed E-state index contributed by atoms with van der Waals surface area (Å²) in [6.07, 6.45) is 1.52. The molecule has 1 aromatic carbocycles. The third-order valence-electron chi connectivity index (χ3n) is 2.21. The summed E-state index contributed by atoms with van der Waals surface area (Å²) >= 11 is 9.19. The second kappa shape index (κ2) is 4.93. The van der Waals surface area contributed by atoms with Crippen molar-refractivity contribution in [2.45, 2.75) is 5.33 Å². The van der Waals surface area contributed by atoms with E-state index in [1.807, 2.05) is 0 Å². The molecular weight excluding hydrogens is 292 g/mol. The van der Waals surface area contributed by atoms with Crippen molar-refractivity contribution >= 4 is 27.5 Å². The second-order valence-electron chi connectivity index (χ2n) is 3.27. The van der Waals surface area contributed by atoms with Gasteiger partial charge in [0, 0.05) is 17.1 Å². The minimum absolute atomic E-state index is 0.278. The highest BCUT2D eigenvalue weighted by Gasteiger charge is 2.10. The lowest BCUT2D eigenvalue weighted by atomic mass is 10.1. The Balaban J connectivity index is 2.60. The third-order valence-corrected chi connectivity index (χ3v) is 3.02. The highest BCUT2D eigenvalue weighted by molar-refractivity contribution is 9.08. The number of pyridine rings is 1. The van der Waals surface area contributed by atoms with Crippen molar-refractivity contribution in [3.63, 3.8) is 0 Å². The van der Waals surface area contributed by atoms with Gasteiger partial charge in [-0.15, -0.1) is 0 Å². The standard InChI is InChI=1S/C12H8BrClFN/c13-6-8-5-9(14)7-16-12(8)10-3-1-2-4-11(10)15/h1-5,7H,6H2. The zero-order valence-corrected chi connectivity index (χ0v) is 10.6. The van der Waals surface area contributed by atoms with E-state index in [4.69, 9.17) is 11.6 Å². The van der Waals surface area contributed by atoms with Gasteiger partial charge in [0.2, 0.25) is 0 Å². The zero-order chi connectivity index (χ0) is 11.5. The lowest BCUT2D eigenvalue weighted by Crippen LogP contribution is -1.93. The molecule has 1 aromatic heterocycles. The number of alkyl halides is 1. The molecule has 0 N–H and O–H groups in total. The molecular formula is C12H8BrClFN. The summed E-state index contributed by atoms with van der Waals surface area (Å²) in [5, 5.41) is 1.14. The first kappa shape index (κ1) is 11.6. The molecule has 16 heavy (non-hydrogen) atoms. The van der Waals surface area contributed by atoms with E-state index in [-0.39, 0.29) is 5.82 Å². The summed E-state index contributed by atoms with van der Waals surface area (Å²) in [6, 6.07) is 8.35. The predicted molar refractivity (Wildman–Crippen MR) is 67.3 cm³/mol. The Morgan fingerprint density at radius 2 is 2.06 bits per heavy atom. The number of hydrogen-bond donors (Lipinski definition) is 0. The van der Waals surface area contributed by atoms with Gasteiger partial charge in [-0.3, -0.25) is 4.98 Å². The molecule has 2 aromatic rings. The number of rotatable bonds is 2. The Kier molecular flexibility index (Phi) is 3.56. The average molecular weight is 301 g/mol. The van der Waals surface area contributed by atoms with Crippen LogP contribution >= 0.6 is 27.5 Å². The number of halogens is 3. The summed E-state index contributed by atoms with van der Waals surface area (Å²) in [5.74, 6) is -0.278. The Hall–Kier alpha value is -0.930. The Labute approximate surface area is 106 Å². The van der Waals surface area contributed by atoms with E-state index in [9.17, 15) is 4.39 Å². The Morgan fingerprint density at radius 3 is 2.75 bits per heavy atom. The first-order chi connectivity index (χ1) is 7.72. The van der Waals surface area contributed by atoms with Crippen molar-refractivity contribution in [2.75, 3.05) is 0 Å². The molecule has 0 unspecified atom stereocenters. The lowest BCUT2D eigenvalue weighted by molar-refractivity contribution is 0.630. The van der Waals surface area contributed by atoms with Crippen molar-refractivity contribution < 1.29 is 4.39 Å². The van der Waals surface area contributed by atoms with Crippen LogP contribution in [0.1, 0.15) is 5.56 Å². The SMILES string of the molecule is Fc1ccccc1-c1ncc(Cl)cc1CBr. The molecule has 1 heterocycles. The van der Waals surface area contributed by atoms with Crippen LogP contribution < -0.4 is 0 Å². The lowest BCUT2D eigenvalue weighted by Gasteiger charge is -2.07. The molecule has 0 spiro atoms. The summed E-state index contributed by atoms with van der Waals surface area (Å²) in [4.78, 5) is 4.18. The topological polar surface area (TPSA) is 12.9 Å². The largest absolute Gasteiger partial charge is 0.254 e. The smallest absolute Gasteiger partial charge is 0.132 e. The molecule has 2 rings (SSSR count). The van der Waals surface area contributed by atoms with Crippen LogP contribution in [0.25, 0.3) is 11.3 Å².